The molecule has 0 aliphatic heterocycles. The quantitative estimate of drug-likeness (QED) is 0.248. The number of halogens is 2. The van der Waals surface area contributed by atoms with Crippen molar-refractivity contribution in [2.45, 2.75) is 49.2 Å². The predicted molar refractivity (Wildman–Crippen MR) is 102 cm³/mol. The minimum absolute atomic E-state index is 0.0816. The molecule has 0 bridgehead atoms. The van der Waals surface area contributed by atoms with Crippen LogP contribution >= 0.6 is 11.6 Å². The molecule has 0 aromatic heterocycles. The zero-order chi connectivity index (χ0) is 23.5. The molecular formula is C18H21ClFN3O8. The predicted octanol–water partition coefficient (Wildman–Crippen LogP) is -1.73. The maximum Gasteiger partial charge on any atom is 0.305 e. The first-order valence-electron chi connectivity index (χ1n) is 9.00. The van der Waals surface area contributed by atoms with Crippen molar-refractivity contribution < 1.29 is 44.0 Å². The highest BCUT2D eigenvalue weighted by atomic mass is 35.5. The molecule has 1 saturated carbocycles. The van der Waals surface area contributed by atoms with E-state index in [1.54, 1.807) is 0 Å². The Morgan fingerprint density at radius 1 is 1.26 bits per heavy atom. The number of aliphatic carboxylic acids is 1. The Morgan fingerprint density at radius 3 is 2.45 bits per heavy atom. The first kappa shape index (κ1) is 24.5. The van der Waals surface area contributed by atoms with Crippen LogP contribution in [0.2, 0.25) is 5.02 Å². The molecule has 1 aliphatic rings. The van der Waals surface area contributed by atoms with Gasteiger partial charge in [-0.05, 0) is 18.2 Å². The van der Waals surface area contributed by atoms with Gasteiger partial charge in [-0.3, -0.25) is 19.2 Å². The number of rotatable bonds is 7. The summed E-state index contributed by atoms with van der Waals surface area (Å²) in [6, 6.07) is 0.124. The van der Waals surface area contributed by atoms with Crippen molar-refractivity contribution in [2.24, 2.45) is 5.73 Å². The van der Waals surface area contributed by atoms with E-state index in [0.717, 1.165) is 18.2 Å². The molecule has 1 fully saturated rings. The molecular weight excluding hydrogens is 441 g/mol. The molecule has 0 spiro atoms. The summed E-state index contributed by atoms with van der Waals surface area (Å²) in [5.74, 6) is -5.40. The fraction of sp³-hybridized carbons (Fsp3) is 0.444. The lowest BCUT2D eigenvalue weighted by Crippen LogP contribution is -2.64. The number of benzene rings is 1. The van der Waals surface area contributed by atoms with Gasteiger partial charge in [0.1, 0.15) is 23.6 Å². The summed E-state index contributed by atoms with van der Waals surface area (Å²) in [5.41, 5.74) is 2.60. The fourth-order valence-corrected chi connectivity index (χ4v) is 3.38. The average Bonchev–Trinajstić information content (AvgIpc) is 2.66. The Morgan fingerprint density at radius 2 is 1.90 bits per heavy atom. The number of nitrogens with one attached hydrogen (secondary N) is 2. The SMILES string of the molecule is NC(=O)[C@@H](CC(=O)O)NC(=O)[C@@]1(O)C[C@@H](O)[C@H](O)[C@@H](NC(=O)c2ccc(F)c(Cl)c2)C1. The summed E-state index contributed by atoms with van der Waals surface area (Å²) in [6.45, 7) is 0. The molecule has 13 heteroatoms. The third-order valence-electron chi connectivity index (χ3n) is 4.86. The third-order valence-corrected chi connectivity index (χ3v) is 5.15. The average molecular weight is 462 g/mol. The van der Waals surface area contributed by atoms with Gasteiger partial charge >= 0.3 is 5.97 Å². The van der Waals surface area contributed by atoms with E-state index in [2.05, 4.69) is 5.32 Å². The van der Waals surface area contributed by atoms with E-state index in [-0.39, 0.29) is 10.6 Å². The van der Waals surface area contributed by atoms with Crippen LogP contribution in [0.25, 0.3) is 0 Å². The molecule has 0 saturated heterocycles. The Hall–Kier alpha value is -2.80. The van der Waals surface area contributed by atoms with Crippen molar-refractivity contribution in [3.05, 3.63) is 34.6 Å². The Bertz CT molecular complexity index is 901. The van der Waals surface area contributed by atoms with Crippen molar-refractivity contribution >= 4 is 35.3 Å². The van der Waals surface area contributed by atoms with Crippen LogP contribution in [0.15, 0.2) is 18.2 Å². The number of amides is 3. The van der Waals surface area contributed by atoms with Crippen molar-refractivity contribution in [1.82, 2.24) is 10.6 Å². The molecule has 3 amide bonds. The molecule has 0 unspecified atom stereocenters. The van der Waals surface area contributed by atoms with E-state index < -0.39 is 78.7 Å². The van der Waals surface area contributed by atoms with Crippen LogP contribution in [0.3, 0.4) is 0 Å². The number of aliphatic hydroxyl groups is 3. The van der Waals surface area contributed by atoms with Gasteiger partial charge in [-0.1, -0.05) is 11.6 Å². The molecule has 8 N–H and O–H groups in total. The Kier molecular flexibility index (Phi) is 7.54. The molecule has 1 aromatic rings. The zero-order valence-electron chi connectivity index (χ0n) is 15.9. The first-order chi connectivity index (χ1) is 14.3. The van der Waals surface area contributed by atoms with Crippen molar-refractivity contribution in [1.29, 1.82) is 0 Å². The molecule has 1 aliphatic carbocycles. The fourth-order valence-electron chi connectivity index (χ4n) is 3.20. The number of carbonyl (C=O) groups excluding carboxylic acids is 3. The van der Waals surface area contributed by atoms with Crippen LogP contribution in [-0.4, -0.2) is 74.0 Å². The minimum Gasteiger partial charge on any atom is -0.481 e. The molecule has 0 radical (unpaired) electrons. The van der Waals surface area contributed by atoms with Crippen molar-refractivity contribution in [3.8, 4) is 0 Å². The van der Waals surface area contributed by atoms with Crippen LogP contribution < -0.4 is 16.4 Å². The summed E-state index contributed by atoms with van der Waals surface area (Å²) in [4.78, 5) is 47.1. The number of carboxylic acid groups (broad SMARTS) is 1. The summed E-state index contributed by atoms with van der Waals surface area (Å²) in [6.07, 6.45) is -5.31. The monoisotopic (exact) mass is 461 g/mol. The van der Waals surface area contributed by atoms with E-state index in [9.17, 15) is 38.9 Å². The second-order valence-corrected chi connectivity index (χ2v) is 7.64. The van der Waals surface area contributed by atoms with Crippen LogP contribution in [0.4, 0.5) is 4.39 Å². The van der Waals surface area contributed by atoms with Gasteiger partial charge in [-0.15, -0.1) is 0 Å². The Labute approximate surface area is 180 Å². The van der Waals surface area contributed by atoms with Gasteiger partial charge in [0, 0.05) is 18.4 Å². The molecule has 31 heavy (non-hydrogen) atoms. The number of hydrogen-bond donors (Lipinski definition) is 7. The maximum atomic E-state index is 13.3. The Balaban J connectivity index is 2.18. The van der Waals surface area contributed by atoms with Crippen molar-refractivity contribution in [2.75, 3.05) is 0 Å². The normalized spacial score (nSPS) is 26.5. The van der Waals surface area contributed by atoms with Gasteiger partial charge in [0.25, 0.3) is 11.8 Å². The number of nitrogens with two attached hydrogens (primary N) is 1. The number of aliphatic hydroxyl groups excluding tert-OH is 2. The molecule has 5 atom stereocenters. The number of primary amides is 1. The minimum atomic E-state index is -2.37. The van der Waals surface area contributed by atoms with Crippen LogP contribution in [0.5, 0.6) is 0 Å². The zero-order valence-corrected chi connectivity index (χ0v) is 16.7. The van der Waals surface area contributed by atoms with Gasteiger partial charge in [0.15, 0.2) is 0 Å². The van der Waals surface area contributed by atoms with Gasteiger partial charge in [-0.2, -0.15) is 0 Å². The molecule has 170 valence electrons. The summed E-state index contributed by atoms with van der Waals surface area (Å²) < 4.78 is 13.3. The van der Waals surface area contributed by atoms with E-state index in [0.29, 0.717) is 0 Å². The third kappa shape index (κ3) is 5.88. The molecule has 0 heterocycles. The topological polar surface area (TPSA) is 199 Å². The van der Waals surface area contributed by atoms with Crippen LogP contribution in [0, 0.1) is 5.82 Å². The van der Waals surface area contributed by atoms with Gasteiger partial charge in [-0.25, -0.2) is 4.39 Å². The van der Waals surface area contributed by atoms with Gasteiger partial charge in [0.05, 0.1) is 23.6 Å². The summed E-state index contributed by atoms with van der Waals surface area (Å²) in [5, 5.41) is 43.8. The highest BCUT2D eigenvalue weighted by Gasteiger charge is 2.49. The first-order valence-corrected chi connectivity index (χ1v) is 9.38. The van der Waals surface area contributed by atoms with Gasteiger partial charge in [0.2, 0.25) is 5.91 Å². The lowest BCUT2D eigenvalue weighted by molar-refractivity contribution is -0.159. The summed E-state index contributed by atoms with van der Waals surface area (Å²) in [7, 11) is 0. The van der Waals surface area contributed by atoms with Crippen LogP contribution in [0.1, 0.15) is 29.6 Å². The van der Waals surface area contributed by atoms with Gasteiger partial charge < -0.3 is 36.8 Å². The molecule has 2 rings (SSSR count). The smallest absolute Gasteiger partial charge is 0.305 e. The van der Waals surface area contributed by atoms with E-state index in [1.165, 1.54) is 0 Å². The largest absolute Gasteiger partial charge is 0.481 e. The lowest BCUT2D eigenvalue weighted by Gasteiger charge is -2.41. The number of hydrogen-bond acceptors (Lipinski definition) is 7. The highest BCUT2D eigenvalue weighted by Crippen LogP contribution is 2.30. The molecule has 1 aromatic carbocycles. The number of carbonyl (C=O) groups is 4. The standard InChI is InChI=1S/C18H21ClFN3O8/c19-8-3-7(1-2-9(8)20)16(29)22-11-5-18(31,6-12(24)14(11)27)17(30)23-10(15(21)28)4-13(25)26/h1-3,10-12,14,24,27,31H,4-6H2,(H2,21,28)(H,22,29)(H,23,30)(H,25,26)/t10-,11+,12-,14-,18+/m1/s1. The van der Waals surface area contributed by atoms with E-state index in [1.807, 2.05) is 5.32 Å². The second kappa shape index (κ2) is 9.56. The second-order valence-electron chi connectivity index (χ2n) is 7.23. The highest BCUT2D eigenvalue weighted by molar-refractivity contribution is 6.31. The molecule has 11 nitrogen and oxygen atoms in total. The summed E-state index contributed by atoms with van der Waals surface area (Å²) >= 11 is 5.63. The number of carboxylic acids is 1. The lowest BCUT2D eigenvalue weighted by atomic mass is 9.77. The van der Waals surface area contributed by atoms with Crippen LogP contribution in [-0.2, 0) is 14.4 Å². The van der Waals surface area contributed by atoms with E-state index >= 15 is 0 Å². The van der Waals surface area contributed by atoms with E-state index in [4.69, 9.17) is 22.4 Å². The van der Waals surface area contributed by atoms with Crippen molar-refractivity contribution in [3.63, 3.8) is 0 Å². The maximum absolute atomic E-state index is 13.3.